The number of likely N-dealkylation sites (tertiary alicyclic amines) is 1. The molecule has 0 unspecified atom stereocenters. The van der Waals surface area contributed by atoms with Gasteiger partial charge in [0.25, 0.3) is 0 Å². The van der Waals surface area contributed by atoms with Crippen molar-refractivity contribution in [3.8, 4) is 0 Å². The van der Waals surface area contributed by atoms with Crippen molar-refractivity contribution in [1.82, 2.24) is 10.2 Å². The van der Waals surface area contributed by atoms with Crippen molar-refractivity contribution >= 4 is 48.2 Å². The number of benzene rings is 2. The zero-order valence-corrected chi connectivity index (χ0v) is 19.5. The van der Waals surface area contributed by atoms with E-state index in [-0.39, 0.29) is 36.6 Å². The Morgan fingerprint density at radius 1 is 1.13 bits per heavy atom. The first-order valence-corrected chi connectivity index (χ1v) is 10.2. The lowest BCUT2D eigenvalue weighted by Gasteiger charge is -2.27. The number of nitrogens with two attached hydrogens (primary N) is 2. The first-order chi connectivity index (χ1) is 14.0. The molecule has 9 heteroatoms. The Labute approximate surface area is 200 Å². The molecule has 1 saturated heterocycles. The number of halogens is 3. The lowest BCUT2D eigenvalue weighted by molar-refractivity contribution is -0.139. The normalized spacial score (nSPS) is 16.1. The summed E-state index contributed by atoms with van der Waals surface area (Å²) in [6.07, 6.45) is 1.87. The van der Waals surface area contributed by atoms with Crippen molar-refractivity contribution in [3.63, 3.8) is 0 Å². The number of rotatable bonds is 7. The van der Waals surface area contributed by atoms with Crippen LogP contribution in [0.5, 0.6) is 0 Å². The maximum Gasteiger partial charge on any atom is 0.243 e. The van der Waals surface area contributed by atoms with Crippen LogP contribution in [0.3, 0.4) is 0 Å². The highest BCUT2D eigenvalue weighted by molar-refractivity contribution is 6.30. The van der Waals surface area contributed by atoms with Crippen molar-refractivity contribution in [3.05, 3.63) is 70.2 Å². The standard InChI is InChI=1S/C22H27ClN4O2.2ClH/c23-18-9-8-16(13-24)17(12-18)14-26-21(28)20-7-4-10-27(20)22(29)19(25)11-15-5-2-1-3-6-15;;/h1-3,5-6,8-9,12,19-20H,4,7,10-11,13-14,24-25H2,(H,26,28);2*1H/t19-,20+;;/m1../s1. The Bertz CT molecular complexity index is 867. The topological polar surface area (TPSA) is 101 Å². The summed E-state index contributed by atoms with van der Waals surface area (Å²) < 4.78 is 0. The van der Waals surface area contributed by atoms with E-state index in [0.29, 0.717) is 37.5 Å². The van der Waals surface area contributed by atoms with Gasteiger partial charge >= 0.3 is 0 Å². The van der Waals surface area contributed by atoms with E-state index < -0.39 is 12.1 Å². The second-order valence-electron chi connectivity index (χ2n) is 7.32. The van der Waals surface area contributed by atoms with Gasteiger partial charge in [-0.25, -0.2) is 0 Å². The number of carbonyl (C=O) groups excluding carboxylic acids is 2. The van der Waals surface area contributed by atoms with Crippen LogP contribution >= 0.6 is 36.4 Å². The molecule has 0 radical (unpaired) electrons. The Balaban J connectivity index is 0.00000240. The minimum absolute atomic E-state index is 0. The molecule has 170 valence electrons. The van der Waals surface area contributed by atoms with Crippen LogP contribution in [0.2, 0.25) is 5.02 Å². The van der Waals surface area contributed by atoms with Crippen molar-refractivity contribution in [2.45, 2.75) is 44.4 Å². The summed E-state index contributed by atoms with van der Waals surface area (Å²) in [5, 5.41) is 3.52. The van der Waals surface area contributed by atoms with Crippen LogP contribution < -0.4 is 16.8 Å². The number of amides is 2. The number of hydrogen-bond acceptors (Lipinski definition) is 4. The Hall–Kier alpha value is -1.83. The fourth-order valence-corrected chi connectivity index (χ4v) is 3.92. The molecule has 31 heavy (non-hydrogen) atoms. The predicted molar refractivity (Wildman–Crippen MR) is 129 cm³/mol. The zero-order valence-electron chi connectivity index (χ0n) is 17.1. The van der Waals surface area contributed by atoms with E-state index in [1.54, 1.807) is 17.0 Å². The number of carbonyl (C=O) groups is 2. The van der Waals surface area contributed by atoms with Crippen molar-refractivity contribution in [2.24, 2.45) is 11.5 Å². The lowest BCUT2D eigenvalue weighted by Crippen LogP contribution is -2.51. The summed E-state index contributed by atoms with van der Waals surface area (Å²) in [5.41, 5.74) is 14.7. The highest BCUT2D eigenvalue weighted by Gasteiger charge is 2.36. The maximum absolute atomic E-state index is 12.9. The van der Waals surface area contributed by atoms with E-state index in [0.717, 1.165) is 23.1 Å². The van der Waals surface area contributed by atoms with Gasteiger partial charge in [0, 0.05) is 24.7 Å². The van der Waals surface area contributed by atoms with Crippen LogP contribution in [0.25, 0.3) is 0 Å². The van der Waals surface area contributed by atoms with Crippen molar-refractivity contribution in [1.29, 1.82) is 0 Å². The smallest absolute Gasteiger partial charge is 0.243 e. The SMILES string of the molecule is Cl.Cl.NCc1ccc(Cl)cc1CNC(=O)[C@@H]1CCCN1C(=O)[C@H](N)Cc1ccccc1. The molecule has 5 N–H and O–H groups in total. The highest BCUT2D eigenvalue weighted by Crippen LogP contribution is 2.20. The molecule has 1 fully saturated rings. The Morgan fingerprint density at radius 2 is 1.84 bits per heavy atom. The second-order valence-corrected chi connectivity index (χ2v) is 7.76. The molecular formula is C22H29Cl3N4O2. The first-order valence-electron chi connectivity index (χ1n) is 9.84. The Kier molecular flexibility index (Phi) is 11.3. The van der Waals surface area contributed by atoms with Crippen LogP contribution in [0.15, 0.2) is 48.5 Å². The molecule has 1 heterocycles. The third-order valence-electron chi connectivity index (χ3n) is 5.30. The number of nitrogens with zero attached hydrogens (tertiary/aromatic N) is 1. The summed E-state index contributed by atoms with van der Waals surface area (Å²) in [5.74, 6) is -0.359. The molecule has 2 aromatic rings. The average Bonchev–Trinajstić information content (AvgIpc) is 3.22. The minimum Gasteiger partial charge on any atom is -0.350 e. The van der Waals surface area contributed by atoms with Crippen LogP contribution in [-0.2, 0) is 29.1 Å². The molecule has 6 nitrogen and oxygen atoms in total. The van der Waals surface area contributed by atoms with Gasteiger partial charge in [0.15, 0.2) is 0 Å². The van der Waals surface area contributed by atoms with Crippen LogP contribution in [0.4, 0.5) is 0 Å². The number of hydrogen-bond donors (Lipinski definition) is 3. The van der Waals surface area contributed by atoms with Crippen molar-refractivity contribution < 1.29 is 9.59 Å². The maximum atomic E-state index is 12.9. The quantitative estimate of drug-likeness (QED) is 0.559. The predicted octanol–water partition coefficient (Wildman–Crippen LogP) is 2.82. The zero-order chi connectivity index (χ0) is 20.8. The van der Waals surface area contributed by atoms with Crippen molar-refractivity contribution in [2.75, 3.05) is 6.54 Å². The molecule has 3 rings (SSSR count). The van der Waals surface area contributed by atoms with Gasteiger partial charge in [-0.2, -0.15) is 0 Å². The van der Waals surface area contributed by atoms with Gasteiger partial charge in [-0.05, 0) is 48.1 Å². The minimum atomic E-state index is -0.664. The van der Waals surface area contributed by atoms with E-state index in [9.17, 15) is 9.59 Å². The fourth-order valence-electron chi connectivity index (χ4n) is 3.73. The van der Waals surface area contributed by atoms with Crippen LogP contribution in [0, 0.1) is 0 Å². The molecule has 1 aliphatic rings. The van der Waals surface area contributed by atoms with Gasteiger partial charge in [-0.15, -0.1) is 24.8 Å². The summed E-state index contributed by atoms with van der Waals surface area (Å²) >= 11 is 6.06. The molecule has 0 aliphatic carbocycles. The average molecular weight is 488 g/mol. The molecule has 1 aliphatic heterocycles. The van der Waals surface area contributed by atoms with Gasteiger partial charge in [0.1, 0.15) is 6.04 Å². The molecule has 2 amide bonds. The van der Waals surface area contributed by atoms with E-state index in [1.807, 2.05) is 36.4 Å². The molecule has 0 spiro atoms. The van der Waals surface area contributed by atoms with E-state index in [2.05, 4.69) is 5.32 Å². The number of nitrogens with one attached hydrogen (secondary N) is 1. The van der Waals surface area contributed by atoms with E-state index >= 15 is 0 Å². The van der Waals surface area contributed by atoms with Gasteiger partial charge in [-0.3, -0.25) is 9.59 Å². The molecule has 2 atom stereocenters. The van der Waals surface area contributed by atoms with Gasteiger partial charge < -0.3 is 21.7 Å². The largest absolute Gasteiger partial charge is 0.350 e. The molecular weight excluding hydrogens is 459 g/mol. The molecule has 0 bridgehead atoms. The fraction of sp³-hybridized carbons (Fsp3) is 0.364. The third kappa shape index (κ3) is 7.09. The van der Waals surface area contributed by atoms with Gasteiger partial charge in [0.05, 0.1) is 6.04 Å². The monoisotopic (exact) mass is 486 g/mol. The van der Waals surface area contributed by atoms with E-state index in [4.69, 9.17) is 23.1 Å². The van der Waals surface area contributed by atoms with E-state index in [1.165, 1.54) is 0 Å². The highest BCUT2D eigenvalue weighted by atomic mass is 35.5. The third-order valence-corrected chi connectivity index (χ3v) is 5.53. The van der Waals surface area contributed by atoms with Gasteiger partial charge in [0.2, 0.25) is 11.8 Å². The summed E-state index contributed by atoms with van der Waals surface area (Å²) in [7, 11) is 0. The Morgan fingerprint density at radius 3 is 2.52 bits per heavy atom. The summed E-state index contributed by atoms with van der Waals surface area (Å²) in [6.45, 7) is 1.23. The van der Waals surface area contributed by atoms with Crippen LogP contribution in [0.1, 0.15) is 29.5 Å². The van der Waals surface area contributed by atoms with Crippen LogP contribution in [-0.4, -0.2) is 35.3 Å². The summed E-state index contributed by atoms with van der Waals surface area (Å²) in [4.78, 5) is 27.3. The molecule has 0 aromatic heterocycles. The molecule has 2 aromatic carbocycles. The summed E-state index contributed by atoms with van der Waals surface area (Å²) in [6, 6.07) is 13.9. The second kappa shape index (κ2) is 12.9. The van der Waals surface area contributed by atoms with Gasteiger partial charge in [-0.1, -0.05) is 48.0 Å². The lowest BCUT2D eigenvalue weighted by atomic mass is 10.0. The first kappa shape index (κ1) is 27.2. The molecule has 0 saturated carbocycles.